The van der Waals surface area contributed by atoms with E-state index in [-0.39, 0.29) is 11.6 Å². The molecule has 5 heteroatoms. The summed E-state index contributed by atoms with van der Waals surface area (Å²) in [4.78, 5) is 9.54. The average Bonchev–Trinajstić information content (AvgIpc) is 3.20. The van der Waals surface area contributed by atoms with Gasteiger partial charge in [0.1, 0.15) is 17.4 Å². The fraction of sp³-hybridized carbons (Fsp3) is 0.238. The van der Waals surface area contributed by atoms with Gasteiger partial charge in [-0.25, -0.2) is 4.98 Å². The molecule has 3 N–H and O–H groups in total. The Hall–Kier alpha value is -3.08. The summed E-state index contributed by atoms with van der Waals surface area (Å²) in [5.74, 6) is 0.975. The normalized spacial score (nSPS) is 14.7. The first-order chi connectivity index (χ1) is 12.7. The summed E-state index contributed by atoms with van der Waals surface area (Å²) in [6.07, 6.45) is 3.43. The number of aliphatic hydroxyl groups excluding tert-OH is 1. The van der Waals surface area contributed by atoms with Gasteiger partial charge in [-0.2, -0.15) is 0 Å². The molecular formula is C21H22N4O. The highest BCUT2D eigenvalue weighted by Crippen LogP contribution is 2.31. The molecule has 1 aromatic heterocycles. The Morgan fingerprint density at radius 3 is 2.65 bits per heavy atom. The van der Waals surface area contributed by atoms with E-state index in [1.807, 2.05) is 36.4 Å². The molecule has 0 bridgehead atoms. The number of H-pyrrole nitrogens is 1. The van der Waals surface area contributed by atoms with E-state index in [4.69, 9.17) is 5.41 Å². The lowest BCUT2D eigenvalue weighted by Gasteiger charge is -2.19. The Kier molecular flexibility index (Phi) is 4.21. The number of para-hydroxylation sites is 2. The molecule has 26 heavy (non-hydrogen) atoms. The van der Waals surface area contributed by atoms with E-state index in [1.165, 1.54) is 18.4 Å². The van der Waals surface area contributed by atoms with Crippen molar-refractivity contribution in [2.24, 2.45) is 0 Å². The Labute approximate surface area is 152 Å². The van der Waals surface area contributed by atoms with E-state index < -0.39 is 0 Å². The van der Waals surface area contributed by atoms with E-state index >= 15 is 0 Å². The van der Waals surface area contributed by atoms with Crippen LogP contribution in [-0.4, -0.2) is 27.5 Å². The number of aliphatic hydroxyl groups is 1. The quantitative estimate of drug-likeness (QED) is 0.628. The smallest absolute Gasteiger partial charge is 0.145 e. The number of hydrogen-bond donors (Lipinski definition) is 3. The van der Waals surface area contributed by atoms with Crippen molar-refractivity contribution < 1.29 is 5.11 Å². The molecule has 1 aliphatic rings. The highest BCUT2D eigenvalue weighted by molar-refractivity contribution is 6.30. The molecule has 1 aliphatic heterocycles. The molecule has 3 aromatic rings. The highest BCUT2D eigenvalue weighted by atomic mass is 16.3. The van der Waals surface area contributed by atoms with Crippen molar-refractivity contribution in [3.05, 3.63) is 65.7 Å². The van der Waals surface area contributed by atoms with Crippen LogP contribution in [0.25, 0.3) is 16.6 Å². The lowest BCUT2D eigenvalue weighted by atomic mass is 10.1. The molecule has 0 unspecified atom stereocenters. The van der Waals surface area contributed by atoms with Crippen LogP contribution in [0.4, 0.5) is 5.69 Å². The van der Waals surface area contributed by atoms with Gasteiger partial charge in [-0.1, -0.05) is 37.6 Å². The number of hydrogen-bond acceptors (Lipinski definition) is 3. The van der Waals surface area contributed by atoms with Crippen LogP contribution in [-0.2, 0) is 6.42 Å². The van der Waals surface area contributed by atoms with Crippen LogP contribution >= 0.6 is 0 Å². The van der Waals surface area contributed by atoms with Crippen LogP contribution in [0.1, 0.15) is 31.2 Å². The summed E-state index contributed by atoms with van der Waals surface area (Å²) in [5.41, 5.74) is 4.41. The molecule has 0 spiro atoms. The largest absolute Gasteiger partial charge is 0.509 e. The van der Waals surface area contributed by atoms with Crippen molar-refractivity contribution in [1.82, 2.24) is 9.97 Å². The van der Waals surface area contributed by atoms with Crippen LogP contribution in [0.15, 0.2) is 54.3 Å². The number of fused-ring (bicyclic) bond motifs is 1. The number of aromatic nitrogens is 2. The first-order valence-electron chi connectivity index (χ1n) is 9.00. The molecule has 2 aromatic carbocycles. The van der Waals surface area contributed by atoms with Gasteiger partial charge < -0.3 is 15.0 Å². The predicted octanol–water partition coefficient (Wildman–Crippen LogP) is 4.67. The number of nitrogens with one attached hydrogen (secondary N) is 2. The van der Waals surface area contributed by atoms with Crippen molar-refractivity contribution in [1.29, 1.82) is 5.41 Å². The molecule has 4 rings (SSSR count). The van der Waals surface area contributed by atoms with Crippen LogP contribution in [0.3, 0.4) is 0 Å². The second-order valence-electron chi connectivity index (χ2n) is 6.63. The molecule has 0 saturated heterocycles. The van der Waals surface area contributed by atoms with E-state index in [1.54, 1.807) is 4.90 Å². The van der Waals surface area contributed by atoms with E-state index in [9.17, 15) is 5.11 Å². The average molecular weight is 346 g/mol. The number of unbranched alkanes of at least 4 members (excludes halogenated alkanes) is 1. The van der Waals surface area contributed by atoms with Gasteiger partial charge >= 0.3 is 0 Å². The van der Waals surface area contributed by atoms with E-state index in [0.29, 0.717) is 17.9 Å². The number of anilines is 1. The van der Waals surface area contributed by atoms with Crippen LogP contribution in [0.5, 0.6) is 0 Å². The van der Waals surface area contributed by atoms with Crippen molar-refractivity contribution >= 4 is 28.1 Å². The molecule has 0 radical (unpaired) electrons. The van der Waals surface area contributed by atoms with Gasteiger partial charge in [0.15, 0.2) is 0 Å². The maximum Gasteiger partial charge on any atom is 0.145 e. The van der Waals surface area contributed by atoms with Crippen LogP contribution < -0.4 is 4.90 Å². The molecule has 0 saturated carbocycles. The number of benzene rings is 2. The lowest BCUT2D eigenvalue weighted by molar-refractivity contribution is 0.411. The standard InChI is InChI=1S/C21H22N4O/c1-2-3-6-14-9-11-15(12-10-14)25-13-18(26)19(20(25)22)21-23-16-7-4-5-8-17(16)24-21/h4-5,7-12,22,26H,2-3,6,13H2,1H3,(H,23,24). The minimum atomic E-state index is 0.170. The fourth-order valence-corrected chi connectivity index (χ4v) is 3.34. The first-order valence-corrected chi connectivity index (χ1v) is 9.00. The number of nitrogens with zero attached hydrogens (tertiary/aromatic N) is 2. The summed E-state index contributed by atoms with van der Waals surface area (Å²) >= 11 is 0. The van der Waals surface area contributed by atoms with Gasteiger partial charge in [0.2, 0.25) is 0 Å². The van der Waals surface area contributed by atoms with Crippen molar-refractivity contribution in [2.75, 3.05) is 11.4 Å². The second kappa shape index (κ2) is 6.67. The third kappa shape index (κ3) is 2.86. The zero-order chi connectivity index (χ0) is 18.1. The Morgan fingerprint density at radius 1 is 1.15 bits per heavy atom. The van der Waals surface area contributed by atoms with Crippen LogP contribution in [0.2, 0.25) is 0 Å². The topological polar surface area (TPSA) is 76.0 Å². The summed E-state index contributed by atoms with van der Waals surface area (Å²) in [5, 5.41) is 19.0. The zero-order valence-electron chi connectivity index (χ0n) is 14.8. The number of imidazole rings is 1. The minimum absolute atomic E-state index is 0.170. The molecular weight excluding hydrogens is 324 g/mol. The minimum Gasteiger partial charge on any atom is -0.509 e. The van der Waals surface area contributed by atoms with Gasteiger partial charge in [0, 0.05) is 5.69 Å². The number of aromatic amines is 1. The maximum absolute atomic E-state index is 10.5. The van der Waals surface area contributed by atoms with Crippen molar-refractivity contribution in [2.45, 2.75) is 26.2 Å². The lowest BCUT2D eigenvalue weighted by Crippen LogP contribution is -2.26. The maximum atomic E-state index is 10.5. The molecule has 0 atom stereocenters. The van der Waals surface area contributed by atoms with Gasteiger partial charge in [-0.3, -0.25) is 5.41 Å². The molecule has 2 heterocycles. The summed E-state index contributed by atoms with van der Waals surface area (Å²) < 4.78 is 0. The van der Waals surface area contributed by atoms with Gasteiger partial charge in [0.05, 0.1) is 23.2 Å². The molecule has 132 valence electrons. The number of aryl methyl sites for hydroxylation is 1. The van der Waals surface area contributed by atoms with E-state index in [2.05, 4.69) is 29.0 Å². The molecule has 0 aliphatic carbocycles. The van der Waals surface area contributed by atoms with Gasteiger partial charge in [-0.15, -0.1) is 0 Å². The molecule has 0 amide bonds. The second-order valence-corrected chi connectivity index (χ2v) is 6.63. The van der Waals surface area contributed by atoms with Crippen molar-refractivity contribution in [3.8, 4) is 0 Å². The SMILES string of the molecule is CCCCc1ccc(N2CC(O)=C(c3nc4ccccc4[nH]3)C2=N)cc1. The summed E-state index contributed by atoms with van der Waals surface area (Å²) in [6, 6.07) is 16.0. The summed E-state index contributed by atoms with van der Waals surface area (Å²) in [7, 11) is 0. The van der Waals surface area contributed by atoms with Gasteiger partial charge in [0.25, 0.3) is 0 Å². The van der Waals surface area contributed by atoms with Gasteiger partial charge in [-0.05, 0) is 42.7 Å². The first kappa shape index (κ1) is 16.4. The number of rotatable bonds is 5. The fourth-order valence-electron chi connectivity index (χ4n) is 3.34. The Morgan fingerprint density at radius 2 is 1.92 bits per heavy atom. The number of amidine groups is 1. The van der Waals surface area contributed by atoms with Crippen molar-refractivity contribution in [3.63, 3.8) is 0 Å². The molecule has 5 nitrogen and oxygen atoms in total. The monoisotopic (exact) mass is 346 g/mol. The third-order valence-corrected chi connectivity index (χ3v) is 4.80. The molecule has 0 fully saturated rings. The third-order valence-electron chi connectivity index (χ3n) is 4.80. The summed E-state index contributed by atoms with van der Waals surface area (Å²) in [6.45, 7) is 2.48. The van der Waals surface area contributed by atoms with E-state index in [0.717, 1.165) is 23.1 Å². The Balaban J connectivity index is 1.59. The predicted molar refractivity (Wildman–Crippen MR) is 106 cm³/mol. The zero-order valence-corrected chi connectivity index (χ0v) is 14.8. The Bertz CT molecular complexity index is 952. The highest BCUT2D eigenvalue weighted by Gasteiger charge is 2.31. The van der Waals surface area contributed by atoms with Crippen LogP contribution in [0, 0.1) is 5.41 Å².